The number of benzene rings is 2. The highest BCUT2D eigenvalue weighted by Gasteiger charge is 2.03. The molecule has 0 spiro atoms. The molecule has 7 heteroatoms. The number of amides is 1. The molecule has 0 aromatic heterocycles. The molecule has 0 heterocycles. The molecule has 24 heavy (non-hydrogen) atoms. The topological polar surface area (TPSA) is 72.0 Å². The van der Waals surface area contributed by atoms with Gasteiger partial charge in [-0.15, -0.1) is 0 Å². The Labute approximate surface area is 149 Å². The van der Waals surface area contributed by atoms with Crippen LogP contribution in [0.15, 0.2) is 52.0 Å². The van der Waals surface area contributed by atoms with Gasteiger partial charge in [-0.1, -0.05) is 15.9 Å². The molecule has 6 nitrogen and oxygen atoms in total. The molecule has 1 amide bonds. The van der Waals surface area contributed by atoms with Gasteiger partial charge < -0.3 is 14.8 Å². The number of hydrogen-bond donors (Lipinski definition) is 2. The smallest absolute Gasteiger partial charge is 0.259 e. The number of ether oxygens (including phenoxy) is 2. The number of anilines is 1. The Morgan fingerprint density at radius 3 is 2.58 bits per heavy atom. The van der Waals surface area contributed by atoms with Gasteiger partial charge in [0, 0.05) is 15.7 Å². The minimum absolute atomic E-state index is 0.119. The highest BCUT2D eigenvalue weighted by Crippen LogP contribution is 2.22. The molecule has 2 rings (SSSR count). The Morgan fingerprint density at radius 2 is 1.92 bits per heavy atom. The maximum atomic E-state index is 11.8. The summed E-state index contributed by atoms with van der Waals surface area (Å²) in [6.07, 6.45) is 1.51. The minimum Gasteiger partial charge on any atom is -0.497 e. The first kappa shape index (κ1) is 17.8. The molecular formula is C17H18BrN3O3. The Kier molecular flexibility index (Phi) is 6.62. The first-order valence-corrected chi connectivity index (χ1v) is 7.95. The molecule has 2 aromatic carbocycles. The third-order valence-corrected chi connectivity index (χ3v) is 3.66. The van der Waals surface area contributed by atoms with Gasteiger partial charge in [-0.2, -0.15) is 5.10 Å². The molecule has 0 fully saturated rings. The summed E-state index contributed by atoms with van der Waals surface area (Å²) in [7, 11) is 3.15. The van der Waals surface area contributed by atoms with Gasteiger partial charge in [0.1, 0.15) is 11.5 Å². The van der Waals surface area contributed by atoms with Crippen LogP contribution in [0, 0.1) is 0 Å². The Balaban J connectivity index is 1.89. The molecule has 0 radical (unpaired) electrons. The van der Waals surface area contributed by atoms with Crippen molar-refractivity contribution in [3.05, 3.63) is 52.5 Å². The lowest BCUT2D eigenvalue weighted by atomic mass is 10.2. The number of methoxy groups -OCH3 is 2. The number of hydrazone groups is 1. The van der Waals surface area contributed by atoms with Crippen LogP contribution in [0.25, 0.3) is 0 Å². The lowest BCUT2D eigenvalue weighted by Gasteiger charge is -2.07. The highest BCUT2D eigenvalue weighted by molar-refractivity contribution is 9.10. The van der Waals surface area contributed by atoms with Gasteiger partial charge in [0.2, 0.25) is 0 Å². The second-order valence-corrected chi connectivity index (χ2v) is 5.68. The SMILES string of the molecule is COc1ccc(OC)c(/C=N\NC(=O)CNc2ccc(Br)cc2)c1. The number of carbonyl (C=O) groups excluding carboxylic acids is 1. The van der Waals surface area contributed by atoms with Gasteiger partial charge in [-0.25, -0.2) is 5.43 Å². The van der Waals surface area contributed by atoms with Crippen LogP contribution < -0.4 is 20.2 Å². The van der Waals surface area contributed by atoms with E-state index in [0.29, 0.717) is 17.1 Å². The second kappa shape index (κ2) is 8.93. The molecule has 2 aromatic rings. The summed E-state index contributed by atoms with van der Waals surface area (Å²) in [4.78, 5) is 11.8. The van der Waals surface area contributed by atoms with Crippen molar-refractivity contribution >= 4 is 33.7 Å². The molecule has 0 aliphatic rings. The van der Waals surface area contributed by atoms with E-state index < -0.39 is 0 Å². The third-order valence-electron chi connectivity index (χ3n) is 3.13. The maximum Gasteiger partial charge on any atom is 0.259 e. The average molecular weight is 392 g/mol. The summed E-state index contributed by atoms with van der Waals surface area (Å²) >= 11 is 3.36. The van der Waals surface area contributed by atoms with Crippen LogP contribution in [0.1, 0.15) is 5.56 Å². The zero-order valence-electron chi connectivity index (χ0n) is 13.4. The van der Waals surface area contributed by atoms with Gasteiger partial charge in [-0.3, -0.25) is 4.79 Å². The van der Waals surface area contributed by atoms with Crippen LogP contribution in [-0.2, 0) is 4.79 Å². The van der Waals surface area contributed by atoms with Gasteiger partial charge in [0.25, 0.3) is 5.91 Å². The van der Waals surface area contributed by atoms with E-state index in [4.69, 9.17) is 9.47 Å². The van der Waals surface area contributed by atoms with E-state index in [1.807, 2.05) is 24.3 Å². The first-order chi connectivity index (χ1) is 11.6. The summed E-state index contributed by atoms with van der Waals surface area (Å²) in [5.41, 5.74) is 4.02. The zero-order chi connectivity index (χ0) is 17.4. The van der Waals surface area contributed by atoms with E-state index in [2.05, 4.69) is 31.8 Å². The van der Waals surface area contributed by atoms with Crippen LogP contribution in [-0.4, -0.2) is 32.9 Å². The maximum absolute atomic E-state index is 11.8. The number of rotatable bonds is 7. The van der Waals surface area contributed by atoms with Gasteiger partial charge in [0.05, 0.1) is 27.0 Å². The molecule has 0 saturated carbocycles. The van der Waals surface area contributed by atoms with Gasteiger partial charge in [0.15, 0.2) is 0 Å². The molecule has 0 bridgehead atoms. The number of carbonyl (C=O) groups is 1. The van der Waals surface area contributed by atoms with E-state index in [1.54, 1.807) is 32.4 Å². The summed E-state index contributed by atoms with van der Waals surface area (Å²) in [6, 6.07) is 12.9. The molecular weight excluding hydrogens is 374 g/mol. The van der Waals surface area contributed by atoms with Crippen LogP contribution >= 0.6 is 15.9 Å². The quantitative estimate of drug-likeness (QED) is 0.561. The predicted molar refractivity (Wildman–Crippen MR) is 97.9 cm³/mol. The zero-order valence-corrected chi connectivity index (χ0v) is 15.0. The fourth-order valence-electron chi connectivity index (χ4n) is 1.90. The van der Waals surface area contributed by atoms with E-state index in [1.165, 1.54) is 6.21 Å². The fraction of sp³-hybridized carbons (Fsp3) is 0.176. The molecule has 2 N–H and O–H groups in total. The number of hydrogen-bond acceptors (Lipinski definition) is 5. The first-order valence-electron chi connectivity index (χ1n) is 7.15. The number of nitrogens with zero attached hydrogens (tertiary/aromatic N) is 1. The standard InChI is InChI=1S/C17H18BrN3O3/c1-23-15-7-8-16(24-2)12(9-15)10-20-21-17(22)11-19-14-5-3-13(18)4-6-14/h3-10,19H,11H2,1-2H3,(H,21,22)/b20-10-. The third kappa shape index (κ3) is 5.27. The number of nitrogens with one attached hydrogen (secondary N) is 2. The van der Waals surface area contributed by atoms with Crippen LogP contribution in [0.5, 0.6) is 11.5 Å². The summed E-state index contributed by atoms with van der Waals surface area (Å²) in [5, 5.41) is 6.95. The number of halogens is 1. The lowest BCUT2D eigenvalue weighted by molar-refractivity contribution is -0.119. The van der Waals surface area contributed by atoms with Crippen molar-refractivity contribution in [2.24, 2.45) is 5.10 Å². The summed E-state index contributed by atoms with van der Waals surface area (Å²) in [6.45, 7) is 0.119. The monoisotopic (exact) mass is 391 g/mol. The Morgan fingerprint density at radius 1 is 1.17 bits per heavy atom. The summed E-state index contributed by atoms with van der Waals surface area (Å²) < 4.78 is 11.4. The van der Waals surface area contributed by atoms with Crippen molar-refractivity contribution in [1.29, 1.82) is 0 Å². The lowest BCUT2D eigenvalue weighted by Crippen LogP contribution is -2.25. The average Bonchev–Trinajstić information content (AvgIpc) is 2.61. The molecule has 0 atom stereocenters. The van der Waals surface area contributed by atoms with Crippen LogP contribution in [0.2, 0.25) is 0 Å². The molecule has 126 valence electrons. The van der Waals surface area contributed by atoms with Crippen molar-refractivity contribution in [3.63, 3.8) is 0 Å². The Hall–Kier alpha value is -2.54. The van der Waals surface area contributed by atoms with Crippen molar-refractivity contribution in [1.82, 2.24) is 5.43 Å². The summed E-state index contributed by atoms with van der Waals surface area (Å²) in [5.74, 6) is 1.07. The Bertz CT molecular complexity index is 718. The minimum atomic E-state index is -0.254. The normalized spacial score (nSPS) is 10.5. The molecule has 0 aliphatic heterocycles. The van der Waals surface area contributed by atoms with Crippen molar-refractivity contribution < 1.29 is 14.3 Å². The second-order valence-electron chi connectivity index (χ2n) is 4.76. The largest absolute Gasteiger partial charge is 0.497 e. The van der Waals surface area contributed by atoms with E-state index >= 15 is 0 Å². The van der Waals surface area contributed by atoms with E-state index in [9.17, 15) is 4.79 Å². The van der Waals surface area contributed by atoms with Crippen molar-refractivity contribution in [3.8, 4) is 11.5 Å². The molecule has 0 unspecified atom stereocenters. The van der Waals surface area contributed by atoms with E-state index in [0.717, 1.165) is 10.2 Å². The van der Waals surface area contributed by atoms with E-state index in [-0.39, 0.29) is 12.5 Å². The van der Waals surface area contributed by atoms with Crippen molar-refractivity contribution in [2.75, 3.05) is 26.1 Å². The highest BCUT2D eigenvalue weighted by atomic mass is 79.9. The van der Waals surface area contributed by atoms with Crippen LogP contribution in [0.4, 0.5) is 5.69 Å². The fourth-order valence-corrected chi connectivity index (χ4v) is 2.17. The van der Waals surface area contributed by atoms with Crippen LogP contribution in [0.3, 0.4) is 0 Å². The molecule has 0 saturated heterocycles. The van der Waals surface area contributed by atoms with Crippen molar-refractivity contribution in [2.45, 2.75) is 0 Å². The predicted octanol–water partition coefficient (Wildman–Crippen LogP) is 3.03. The van der Waals surface area contributed by atoms with Gasteiger partial charge in [-0.05, 0) is 42.5 Å². The van der Waals surface area contributed by atoms with Gasteiger partial charge >= 0.3 is 0 Å². The molecule has 0 aliphatic carbocycles.